The number of carbonyl (C=O) groups excluding carboxylic acids is 1. The fourth-order valence-corrected chi connectivity index (χ4v) is 2.29. The standard InChI is InChI=1S/C15H18ClN3O2/c1-3-5-11-6-4-7-12(15(20)17-16)13(11)10-21-14-8-9-19(2)18-14/h4,6-9H,3,5,10H2,1-2H3,(H,17,20). The largest absolute Gasteiger partial charge is 0.472 e. The van der Waals surface area contributed by atoms with Crippen LogP contribution in [0.2, 0.25) is 0 Å². The van der Waals surface area contributed by atoms with Crippen LogP contribution in [0.15, 0.2) is 30.5 Å². The number of halogens is 1. The minimum atomic E-state index is -0.325. The predicted octanol–water partition coefficient (Wildman–Crippen LogP) is 2.84. The number of benzene rings is 1. The predicted molar refractivity (Wildman–Crippen MR) is 81.3 cm³/mol. The first-order chi connectivity index (χ1) is 10.2. The van der Waals surface area contributed by atoms with Crippen LogP contribution in [0.3, 0.4) is 0 Å². The maximum atomic E-state index is 11.9. The minimum Gasteiger partial charge on any atom is -0.472 e. The third-order valence-electron chi connectivity index (χ3n) is 3.18. The number of aromatic nitrogens is 2. The van der Waals surface area contributed by atoms with Gasteiger partial charge < -0.3 is 4.74 Å². The van der Waals surface area contributed by atoms with Gasteiger partial charge in [-0.15, -0.1) is 5.10 Å². The van der Waals surface area contributed by atoms with E-state index in [0.717, 1.165) is 24.0 Å². The quantitative estimate of drug-likeness (QED) is 0.835. The number of ether oxygens (including phenoxy) is 1. The van der Waals surface area contributed by atoms with Crippen LogP contribution < -0.4 is 9.57 Å². The van der Waals surface area contributed by atoms with Gasteiger partial charge in [0.05, 0.1) is 0 Å². The molecule has 1 aromatic heterocycles. The first kappa shape index (κ1) is 15.4. The van der Waals surface area contributed by atoms with E-state index in [9.17, 15) is 4.79 Å². The lowest BCUT2D eigenvalue weighted by Crippen LogP contribution is -2.17. The second kappa shape index (κ2) is 7.13. The Hall–Kier alpha value is -2.01. The highest BCUT2D eigenvalue weighted by Crippen LogP contribution is 2.19. The normalized spacial score (nSPS) is 10.4. The van der Waals surface area contributed by atoms with E-state index in [4.69, 9.17) is 16.5 Å². The van der Waals surface area contributed by atoms with Crippen LogP contribution in [0.5, 0.6) is 5.88 Å². The van der Waals surface area contributed by atoms with Gasteiger partial charge >= 0.3 is 0 Å². The highest BCUT2D eigenvalue weighted by atomic mass is 35.5. The molecule has 1 aromatic carbocycles. The number of carbonyl (C=O) groups is 1. The van der Waals surface area contributed by atoms with E-state index in [0.29, 0.717) is 11.4 Å². The Kier molecular flexibility index (Phi) is 5.22. The zero-order valence-corrected chi connectivity index (χ0v) is 12.9. The summed E-state index contributed by atoms with van der Waals surface area (Å²) in [7, 11) is 1.82. The van der Waals surface area contributed by atoms with E-state index in [-0.39, 0.29) is 12.5 Å². The molecule has 112 valence electrons. The van der Waals surface area contributed by atoms with Gasteiger partial charge in [0, 0.05) is 42.2 Å². The van der Waals surface area contributed by atoms with Gasteiger partial charge in [-0.05, 0) is 18.1 Å². The van der Waals surface area contributed by atoms with Crippen molar-refractivity contribution in [1.29, 1.82) is 0 Å². The molecule has 1 N–H and O–H groups in total. The minimum absolute atomic E-state index is 0.285. The van der Waals surface area contributed by atoms with E-state index in [1.807, 2.05) is 19.2 Å². The molecule has 0 saturated heterocycles. The summed E-state index contributed by atoms with van der Waals surface area (Å²) in [6, 6.07) is 7.39. The molecule has 2 aromatic rings. The maximum Gasteiger partial charge on any atom is 0.266 e. The monoisotopic (exact) mass is 307 g/mol. The molecule has 1 heterocycles. The van der Waals surface area contributed by atoms with Crippen LogP contribution in [0.4, 0.5) is 0 Å². The summed E-state index contributed by atoms with van der Waals surface area (Å²) in [5.74, 6) is 0.204. The Labute approximate surface area is 129 Å². The van der Waals surface area contributed by atoms with Crippen LogP contribution in [0, 0.1) is 0 Å². The molecule has 0 unspecified atom stereocenters. The first-order valence-electron chi connectivity index (χ1n) is 6.80. The van der Waals surface area contributed by atoms with E-state index >= 15 is 0 Å². The molecule has 5 nitrogen and oxygen atoms in total. The van der Waals surface area contributed by atoms with Crippen molar-refractivity contribution in [2.45, 2.75) is 26.4 Å². The van der Waals surface area contributed by atoms with Crippen LogP contribution >= 0.6 is 11.8 Å². The molecular formula is C15H18ClN3O2. The van der Waals surface area contributed by atoms with Crippen LogP contribution in [-0.2, 0) is 20.1 Å². The van der Waals surface area contributed by atoms with Crippen molar-refractivity contribution < 1.29 is 9.53 Å². The van der Waals surface area contributed by atoms with Gasteiger partial charge in [-0.2, -0.15) is 0 Å². The van der Waals surface area contributed by atoms with Crippen molar-refractivity contribution >= 4 is 17.7 Å². The van der Waals surface area contributed by atoms with Crippen molar-refractivity contribution in [3.05, 3.63) is 47.2 Å². The van der Waals surface area contributed by atoms with E-state index in [1.54, 1.807) is 23.0 Å². The number of rotatable bonds is 6. The average Bonchev–Trinajstić information content (AvgIpc) is 2.91. The topological polar surface area (TPSA) is 56.1 Å². The molecule has 1 amide bonds. The van der Waals surface area contributed by atoms with Gasteiger partial charge in [0.1, 0.15) is 6.61 Å². The second-order valence-electron chi connectivity index (χ2n) is 4.73. The zero-order valence-electron chi connectivity index (χ0n) is 12.1. The zero-order chi connectivity index (χ0) is 15.2. The van der Waals surface area contributed by atoms with Gasteiger partial charge in [0.2, 0.25) is 5.88 Å². The Morgan fingerprint density at radius 1 is 1.43 bits per heavy atom. The summed E-state index contributed by atoms with van der Waals surface area (Å²) >= 11 is 5.45. The molecule has 0 bridgehead atoms. The molecule has 0 saturated carbocycles. The van der Waals surface area contributed by atoms with E-state index < -0.39 is 0 Å². The van der Waals surface area contributed by atoms with Gasteiger partial charge in [0.25, 0.3) is 5.91 Å². The highest BCUT2D eigenvalue weighted by molar-refractivity contribution is 6.24. The van der Waals surface area contributed by atoms with Gasteiger partial charge in [-0.25, -0.2) is 0 Å². The fraction of sp³-hybridized carbons (Fsp3) is 0.333. The summed E-state index contributed by atoms with van der Waals surface area (Å²) in [4.78, 5) is 14.0. The Morgan fingerprint density at radius 3 is 2.86 bits per heavy atom. The molecule has 2 rings (SSSR count). The summed E-state index contributed by atoms with van der Waals surface area (Å²) in [6.45, 7) is 2.38. The molecule has 0 atom stereocenters. The summed E-state index contributed by atoms with van der Waals surface area (Å²) in [6.07, 6.45) is 3.67. The lowest BCUT2D eigenvalue weighted by atomic mass is 9.98. The molecule has 0 spiro atoms. The second-order valence-corrected chi connectivity index (χ2v) is 4.92. The molecule has 0 aliphatic carbocycles. The van der Waals surface area contributed by atoms with Crippen molar-refractivity contribution in [3.63, 3.8) is 0 Å². The number of hydrogen-bond acceptors (Lipinski definition) is 3. The Morgan fingerprint density at radius 2 is 2.24 bits per heavy atom. The maximum absolute atomic E-state index is 11.9. The first-order valence-corrected chi connectivity index (χ1v) is 7.17. The molecule has 6 heteroatoms. The molecule has 21 heavy (non-hydrogen) atoms. The molecular weight excluding hydrogens is 290 g/mol. The summed E-state index contributed by atoms with van der Waals surface area (Å²) in [5.41, 5.74) is 2.47. The fourth-order valence-electron chi connectivity index (χ4n) is 2.19. The van der Waals surface area contributed by atoms with E-state index in [2.05, 4.69) is 16.9 Å². The van der Waals surface area contributed by atoms with Crippen molar-refractivity contribution in [1.82, 2.24) is 14.6 Å². The van der Waals surface area contributed by atoms with Crippen LogP contribution in [0.25, 0.3) is 0 Å². The summed E-state index contributed by atoms with van der Waals surface area (Å²) < 4.78 is 7.35. The molecule has 0 fully saturated rings. The summed E-state index contributed by atoms with van der Waals surface area (Å²) in [5, 5.41) is 4.16. The number of aryl methyl sites for hydroxylation is 2. The van der Waals surface area contributed by atoms with Crippen molar-refractivity contribution in [3.8, 4) is 5.88 Å². The number of nitrogens with zero attached hydrogens (tertiary/aromatic N) is 2. The lowest BCUT2D eigenvalue weighted by Gasteiger charge is -2.13. The molecule has 0 aliphatic rings. The third-order valence-corrected chi connectivity index (χ3v) is 3.35. The Bertz CT molecular complexity index is 625. The van der Waals surface area contributed by atoms with Gasteiger partial charge in [-0.3, -0.25) is 14.3 Å². The van der Waals surface area contributed by atoms with E-state index in [1.165, 1.54) is 0 Å². The SMILES string of the molecule is CCCc1cccc(C(=O)NCl)c1COc1ccn(C)n1. The van der Waals surface area contributed by atoms with Crippen LogP contribution in [-0.4, -0.2) is 15.7 Å². The lowest BCUT2D eigenvalue weighted by molar-refractivity contribution is 0.0979. The van der Waals surface area contributed by atoms with Gasteiger partial charge in [-0.1, -0.05) is 25.5 Å². The number of hydrogen-bond donors (Lipinski definition) is 1. The highest BCUT2D eigenvalue weighted by Gasteiger charge is 2.15. The average molecular weight is 308 g/mol. The molecule has 0 aliphatic heterocycles. The third kappa shape index (κ3) is 3.76. The molecule has 0 radical (unpaired) electrons. The number of nitrogens with one attached hydrogen (secondary N) is 1. The van der Waals surface area contributed by atoms with Crippen LogP contribution in [0.1, 0.15) is 34.8 Å². The number of amides is 1. The van der Waals surface area contributed by atoms with Crippen molar-refractivity contribution in [2.75, 3.05) is 0 Å². The van der Waals surface area contributed by atoms with Crippen molar-refractivity contribution in [2.24, 2.45) is 7.05 Å². The Balaban J connectivity index is 2.27. The smallest absolute Gasteiger partial charge is 0.266 e. The van der Waals surface area contributed by atoms with Gasteiger partial charge in [0.15, 0.2) is 0 Å².